The monoisotopic (exact) mass is 329 g/mol. The van der Waals surface area contributed by atoms with Crippen LogP contribution in [-0.2, 0) is 4.79 Å². The van der Waals surface area contributed by atoms with Gasteiger partial charge in [-0.1, -0.05) is 17.8 Å². The molecule has 0 aliphatic carbocycles. The second-order valence-corrected chi connectivity index (χ2v) is 5.53. The molecule has 2 aromatic heterocycles. The minimum Gasteiger partial charge on any atom is -0.497 e. The van der Waals surface area contributed by atoms with Crippen LogP contribution in [0, 0.1) is 0 Å². The molecule has 3 rings (SSSR count). The third-order valence-corrected chi connectivity index (χ3v) is 3.96. The van der Waals surface area contributed by atoms with E-state index >= 15 is 0 Å². The summed E-state index contributed by atoms with van der Waals surface area (Å²) in [5.74, 6) is 0.810. The first-order chi connectivity index (χ1) is 11.3. The number of carbonyl (C=O) groups is 1. The molecule has 0 saturated carbocycles. The maximum atomic E-state index is 12.1. The lowest BCUT2D eigenvalue weighted by atomic mass is 10.3. The summed E-state index contributed by atoms with van der Waals surface area (Å²) in [5, 5.41) is 11.4. The van der Waals surface area contributed by atoms with Crippen LogP contribution in [0.4, 0.5) is 5.69 Å². The van der Waals surface area contributed by atoms with Gasteiger partial charge in [-0.25, -0.2) is 4.68 Å². The molecular formula is C15H15N5O2S. The molecule has 0 atom stereocenters. The van der Waals surface area contributed by atoms with Crippen molar-refractivity contribution in [3.63, 3.8) is 0 Å². The average molecular weight is 329 g/mol. The highest BCUT2D eigenvalue weighted by molar-refractivity contribution is 7.99. The molecule has 0 aliphatic rings. The van der Waals surface area contributed by atoms with E-state index in [0.29, 0.717) is 16.6 Å². The zero-order valence-electron chi connectivity index (χ0n) is 12.4. The summed E-state index contributed by atoms with van der Waals surface area (Å²) in [6, 6.07) is 11.0. The fourth-order valence-corrected chi connectivity index (χ4v) is 2.68. The van der Waals surface area contributed by atoms with Crippen molar-refractivity contribution in [2.24, 2.45) is 0 Å². The third kappa shape index (κ3) is 3.72. The number of rotatable bonds is 6. The van der Waals surface area contributed by atoms with E-state index in [1.807, 2.05) is 47.4 Å². The lowest BCUT2D eigenvalue weighted by molar-refractivity contribution is -0.113. The van der Waals surface area contributed by atoms with Gasteiger partial charge in [0.25, 0.3) is 0 Å². The lowest BCUT2D eigenvalue weighted by Crippen LogP contribution is -2.15. The summed E-state index contributed by atoms with van der Waals surface area (Å²) >= 11 is 1.31. The number of thioether (sulfide) groups is 1. The lowest BCUT2D eigenvalue weighted by Gasteiger charge is -2.08. The second-order valence-electron chi connectivity index (χ2n) is 4.59. The quantitative estimate of drug-likeness (QED) is 0.701. The minimum atomic E-state index is -0.120. The normalized spacial score (nSPS) is 10.5. The van der Waals surface area contributed by atoms with Gasteiger partial charge in [-0.15, -0.1) is 10.2 Å². The molecule has 0 bridgehead atoms. The molecule has 8 heteroatoms. The number of carbonyl (C=O) groups excluding carboxylic acids is 1. The maximum Gasteiger partial charge on any atom is 0.234 e. The first-order valence-electron chi connectivity index (χ1n) is 6.86. The zero-order valence-corrected chi connectivity index (χ0v) is 13.2. The van der Waals surface area contributed by atoms with Crippen LogP contribution in [-0.4, -0.2) is 38.3 Å². The van der Waals surface area contributed by atoms with Crippen LogP contribution in [0.1, 0.15) is 0 Å². The molecule has 7 nitrogen and oxygen atoms in total. The van der Waals surface area contributed by atoms with Gasteiger partial charge in [-0.3, -0.25) is 9.47 Å². The first-order valence-corrected chi connectivity index (χ1v) is 7.85. The van der Waals surface area contributed by atoms with E-state index in [1.54, 1.807) is 24.2 Å². The fraction of sp³-hybridized carbons (Fsp3) is 0.133. The van der Waals surface area contributed by atoms with Crippen LogP contribution in [0.2, 0.25) is 0 Å². The second kappa shape index (κ2) is 7.01. The van der Waals surface area contributed by atoms with Crippen molar-refractivity contribution in [3.05, 3.63) is 55.1 Å². The summed E-state index contributed by atoms with van der Waals surface area (Å²) in [7, 11) is 1.59. The Hall–Kier alpha value is -2.74. The van der Waals surface area contributed by atoms with Gasteiger partial charge in [0, 0.05) is 24.1 Å². The van der Waals surface area contributed by atoms with E-state index < -0.39 is 0 Å². The number of nitrogens with zero attached hydrogens (tertiary/aromatic N) is 4. The summed E-state index contributed by atoms with van der Waals surface area (Å²) in [6.07, 6.45) is 5.36. The van der Waals surface area contributed by atoms with Crippen LogP contribution in [0.3, 0.4) is 0 Å². The zero-order chi connectivity index (χ0) is 16.1. The third-order valence-electron chi connectivity index (χ3n) is 3.02. The maximum absolute atomic E-state index is 12.1. The van der Waals surface area contributed by atoms with Crippen molar-refractivity contribution in [1.82, 2.24) is 19.5 Å². The van der Waals surface area contributed by atoms with Gasteiger partial charge in [0.05, 0.1) is 12.9 Å². The van der Waals surface area contributed by atoms with Crippen molar-refractivity contribution < 1.29 is 9.53 Å². The largest absolute Gasteiger partial charge is 0.497 e. The van der Waals surface area contributed by atoms with E-state index in [0.717, 1.165) is 0 Å². The van der Waals surface area contributed by atoms with Gasteiger partial charge in [-0.05, 0) is 24.3 Å². The highest BCUT2D eigenvalue weighted by Crippen LogP contribution is 2.18. The fourth-order valence-electron chi connectivity index (χ4n) is 1.97. The molecular weight excluding hydrogens is 314 g/mol. The number of anilines is 1. The topological polar surface area (TPSA) is 74.0 Å². The Balaban J connectivity index is 1.60. The molecule has 3 aromatic rings. The van der Waals surface area contributed by atoms with E-state index in [1.165, 1.54) is 11.8 Å². The highest BCUT2D eigenvalue weighted by atomic mass is 32.2. The molecule has 1 amide bonds. The van der Waals surface area contributed by atoms with Gasteiger partial charge in [0.2, 0.25) is 11.1 Å². The Kier molecular flexibility index (Phi) is 4.62. The molecule has 0 fully saturated rings. The smallest absolute Gasteiger partial charge is 0.234 e. The van der Waals surface area contributed by atoms with Gasteiger partial charge >= 0.3 is 0 Å². The van der Waals surface area contributed by atoms with Gasteiger partial charge in [0.1, 0.15) is 12.1 Å². The number of benzene rings is 1. The first kappa shape index (κ1) is 15.2. The number of hydrogen-bond donors (Lipinski definition) is 1. The molecule has 2 heterocycles. The van der Waals surface area contributed by atoms with E-state index in [9.17, 15) is 4.79 Å². The molecule has 1 aromatic carbocycles. The van der Waals surface area contributed by atoms with Crippen LogP contribution in [0.5, 0.6) is 5.75 Å². The van der Waals surface area contributed by atoms with Crippen LogP contribution >= 0.6 is 11.8 Å². The van der Waals surface area contributed by atoms with Crippen LogP contribution in [0.25, 0.3) is 0 Å². The number of ether oxygens (including phenoxy) is 1. The number of hydrogen-bond acceptors (Lipinski definition) is 5. The Morgan fingerprint density at radius 1 is 1.30 bits per heavy atom. The van der Waals surface area contributed by atoms with Crippen molar-refractivity contribution in [2.75, 3.05) is 18.2 Å². The van der Waals surface area contributed by atoms with Gasteiger partial charge in [-0.2, -0.15) is 0 Å². The van der Waals surface area contributed by atoms with Crippen molar-refractivity contribution in [1.29, 1.82) is 0 Å². The Bertz CT molecular complexity index is 785. The van der Waals surface area contributed by atoms with Gasteiger partial charge < -0.3 is 10.1 Å². The number of nitrogens with one attached hydrogen (secondary N) is 1. The summed E-state index contributed by atoms with van der Waals surface area (Å²) in [4.78, 5) is 12.1. The number of aromatic nitrogens is 4. The molecule has 118 valence electrons. The summed E-state index contributed by atoms with van der Waals surface area (Å²) < 4.78 is 8.73. The number of amides is 1. The van der Waals surface area contributed by atoms with E-state index in [4.69, 9.17) is 4.74 Å². The molecule has 1 N–H and O–H groups in total. The highest BCUT2D eigenvalue weighted by Gasteiger charge is 2.10. The van der Waals surface area contributed by atoms with Crippen molar-refractivity contribution >= 4 is 23.4 Å². The van der Waals surface area contributed by atoms with Gasteiger partial charge in [0.15, 0.2) is 0 Å². The molecule has 0 saturated heterocycles. The molecule has 0 spiro atoms. The molecule has 23 heavy (non-hydrogen) atoms. The predicted octanol–water partition coefficient (Wildman–Crippen LogP) is 2.13. The van der Waals surface area contributed by atoms with Crippen LogP contribution in [0.15, 0.2) is 60.3 Å². The molecule has 0 aliphatic heterocycles. The number of methoxy groups -OCH3 is 1. The predicted molar refractivity (Wildman–Crippen MR) is 87.6 cm³/mol. The molecule has 0 radical (unpaired) electrons. The Morgan fingerprint density at radius 2 is 2.13 bits per heavy atom. The van der Waals surface area contributed by atoms with Crippen molar-refractivity contribution in [3.8, 4) is 5.75 Å². The summed E-state index contributed by atoms with van der Waals surface area (Å²) in [6.45, 7) is 0. The van der Waals surface area contributed by atoms with Crippen LogP contribution < -0.4 is 10.1 Å². The summed E-state index contributed by atoms with van der Waals surface area (Å²) in [5.41, 5.74) is 0.696. The van der Waals surface area contributed by atoms with Crippen molar-refractivity contribution in [2.45, 2.75) is 5.16 Å². The van der Waals surface area contributed by atoms with E-state index in [2.05, 4.69) is 15.5 Å². The Labute approximate surface area is 137 Å². The van der Waals surface area contributed by atoms with E-state index in [-0.39, 0.29) is 11.7 Å². The standard InChI is InChI=1S/C15H15N5O2S/c1-22-13-6-4-5-12(9-13)17-14(21)10-23-15-18-16-11-20(15)19-7-2-3-8-19/h2-9,11H,10H2,1H3,(H,17,21). The molecule has 0 unspecified atom stereocenters. The minimum absolute atomic E-state index is 0.120. The SMILES string of the molecule is COc1cccc(NC(=O)CSc2nncn2-n2cccc2)c1. The average Bonchev–Trinajstić information content (AvgIpc) is 3.24. The Morgan fingerprint density at radius 3 is 2.91 bits per heavy atom.